The molecule has 3 rings (SSSR count). The molecule has 2 N–H and O–H groups in total. The topological polar surface area (TPSA) is 51.4 Å². The first-order chi connectivity index (χ1) is 8.33. The van der Waals surface area contributed by atoms with E-state index in [1.807, 2.05) is 12.1 Å². The lowest BCUT2D eigenvalue weighted by Crippen LogP contribution is -2.47. The number of anilines is 1. The molecule has 1 aromatic rings. The summed E-state index contributed by atoms with van der Waals surface area (Å²) in [6, 6.07) is 6.45. The van der Waals surface area contributed by atoms with E-state index in [-0.39, 0.29) is 0 Å². The summed E-state index contributed by atoms with van der Waals surface area (Å²) in [5, 5.41) is 0. The lowest BCUT2D eigenvalue weighted by atomic mass is 10.1. The molecule has 0 aromatic carbocycles. The lowest BCUT2D eigenvalue weighted by Gasteiger charge is -2.37. The first-order valence-electron chi connectivity index (χ1n) is 6.40. The summed E-state index contributed by atoms with van der Waals surface area (Å²) in [5.41, 5.74) is 6.78. The van der Waals surface area contributed by atoms with Gasteiger partial charge in [0.05, 0.1) is 18.4 Å². The van der Waals surface area contributed by atoms with Crippen LogP contribution < -0.4 is 5.73 Å². The van der Waals surface area contributed by atoms with Gasteiger partial charge in [-0.05, 0) is 31.4 Å². The third-order valence-electron chi connectivity index (χ3n) is 3.79. The van der Waals surface area contributed by atoms with Gasteiger partial charge in [0.25, 0.3) is 0 Å². The van der Waals surface area contributed by atoms with Gasteiger partial charge in [0.1, 0.15) is 5.82 Å². The minimum atomic E-state index is 0.449. The summed E-state index contributed by atoms with van der Waals surface area (Å²) in [7, 11) is 0. The Morgan fingerprint density at radius 1 is 1.41 bits per heavy atom. The number of nitrogen functional groups attached to an aromatic ring is 1. The van der Waals surface area contributed by atoms with Gasteiger partial charge in [0.15, 0.2) is 0 Å². The van der Waals surface area contributed by atoms with Gasteiger partial charge in [-0.3, -0.25) is 4.90 Å². The molecule has 0 spiro atoms. The summed E-state index contributed by atoms with van der Waals surface area (Å²) < 4.78 is 5.81. The zero-order valence-electron chi connectivity index (χ0n) is 10.0. The van der Waals surface area contributed by atoms with Crippen molar-refractivity contribution in [2.24, 2.45) is 0 Å². The molecule has 0 bridgehead atoms. The number of nitrogens with zero attached hydrogens (tertiary/aromatic N) is 2. The van der Waals surface area contributed by atoms with E-state index in [4.69, 9.17) is 10.5 Å². The molecular weight excluding hydrogens is 214 g/mol. The van der Waals surface area contributed by atoms with Crippen LogP contribution >= 0.6 is 0 Å². The monoisotopic (exact) mass is 233 g/mol. The van der Waals surface area contributed by atoms with Crippen molar-refractivity contribution >= 4 is 5.82 Å². The molecule has 1 aliphatic carbocycles. The Labute approximate surface area is 102 Å². The van der Waals surface area contributed by atoms with E-state index in [2.05, 4.69) is 16.0 Å². The number of aromatic nitrogens is 1. The van der Waals surface area contributed by atoms with Crippen molar-refractivity contribution in [3.8, 4) is 0 Å². The number of nitrogens with two attached hydrogens (primary N) is 1. The second kappa shape index (κ2) is 4.63. The zero-order chi connectivity index (χ0) is 11.7. The molecule has 17 heavy (non-hydrogen) atoms. The number of fused-ring (bicyclic) bond motifs is 1. The lowest BCUT2D eigenvalue weighted by molar-refractivity contribution is -0.0591. The molecule has 2 fully saturated rings. The number of morpholine rings is 1. The maximum Gasteiger partial charge on any atom is 0.123 e. The molecule has 2 unspecified atom stereocenters. The maximum absolute atomic E-state index is 5.81. The molecule has 4 nitrogen and oxygen atoms in total. The average Bonchev–Trinajstić information content (AvgIpc) is 2.78. The number of hydrogen-bond donors (Lipinski definition) is 1. The fraction of sp³-hybridized carbons (Fsp3) is 0.615. The van der Waals surface area contributed by atoms with Crippen LogP contribution in [-0.4, -0.2) is 35.2 Å². The Balaban J connectivity index is 1.71. The van der Waals surface area contributed by atoms with Crippen LogP contribution in [0, 0.1) is 0 Å². The smallest absolute Gasteiger partial charge is 0.123 e. The van der Waals surface area contributed by atoms with E-state index < -0.39 is 0 Å². The highest BCUT2D eigenvalue weighted by atomic mass is 16.5. The molecule has 4 heteroatoms. The van der Waals surface area contributed by atoms with Gasteiger partial charge in [-0.2, -0.15) is 0 Å². The molecule has 2 heterocycles. The van der Waals surface area contributed by atoms with Crippen LogP contribution in [-0.2, 0) is 11.3 Å². The second-order valence-electron chi connectivity index (χ2n) is 4.93. The van der Waals surface area contributed by atoms with Crippen LogP contribution in [0.1, 0.15) is 25.0 Å². The summed E-state index contributed by atoms with van der Waals surface area (Å²) in [5.74, 6) is 0.610. The summed E-state index contributed by atoms with van der Waals surface area (Å²) in [6.45, 7) is 2.76. The van der Waals surface area contributed by atoms with Crippen molar-refractivity contribution in [2.75, 3.05) is 18.9 Å². The van der Waals surface area contributed by atoms with Crippen molar-refractivity contribution < 1.29 is 4.74 Å². The van der Waals surface area contributed by atoms with E-state index in [9.17, 15) is 0 Å². The largest absolute Gasteiger partial charge is 0.384 e. The zero-order valence-corrected chi connectivity index (χ0v) is 10.0. The molecule has 92 valence electrons. The molecule has 1 saturated heterocycles. The Kier molecular flexibility index (Phi) is 2.99. The number of pyridine rings is 1. The van der Waals surface area contributed by atoms with Gasteiger partial charge < -0.3 is 10.5 Å². The van der Waals surface area contributed by atoms with Crippen LogP contribution in [0.25, 0.3) is 0 Å². The summed E-state index contributed by atoms with van der Waals surface area (Å²) >= 11 is 0. The highest BCUT2D eigenvalue weighted by Crippen LogP contribution is 2.30. The summed E-state index contributed by atoms with van der Waals surface area (Å²) in [6.07, 6.45) is 4.21. The molecule has 1 saturated carbocycles. The molecular formula is C13H19N3O. The van der Waals surface area contributed by atoms with Crippen molar-refractivity contribution in [3.05, 3.63) is 23.9 Å². The van der Waals surface area contributed by atoms with Crippen LogP contribution in [0.2, 0.25) is 0 Å². The van der Waals surface area contributed by atoms with E-state index in [1.165, 1.54) is 19.3 Å². The normalized spacial score (nSPS) is 29.2. The van der Waals surface area contributed by atoms with Crippen molar-refractivity contribution in [3.63, 3.8) is 0 Å². The highest BCUT2D eigenvalue weighted by molar-refractivity contribution is 5.28. The molecule has 0 radical (unpaired) electrons. The van der Waals surface area contributed by atoms with Gasteiger partial charge >= 0.3 is 0 Å². The van der Waals surface area contributed by atoms with Crippen LogP contribution in [0.5, 0.6) is 0 Å². The predicted octanol–water partition coefficient (Wildman–Crippen LogP) is 1.42. The predicted molar refractivity (Wildman–Crippen MR) is 66.4 cm³/mol. The third kappa shape index (κ3) is 2.28. The van der Waals surface area contributed by atoms with Crippen molar-refractivity contribution in [2.45, 2.75) is 38.0 Å². The molecule has 1 aromatic heterocycles. The quantitative estimate of drug-likeness (QED) is 0.839. The summed E-state index contributed by atoms with van der Waals surface area (Å²) in [4.78, 5) is 6.88. The SMILES string of the molecule is Nc1cccc(CN2CCOC3CCCC32)n1. The first-order valence-corrected chi connectivity index (χ1v) is 6.40. The van der Waals surface area contributed by atoms with E-state index in [0.717, 1.165) is 25.4 Å². The standard InChI is InChI=1S/C13H19N3O/c14-13-6-1-3-10(15-13)9-16-7-8-17-12-5-2-4-11(12)16/h1,3,6,11-12H,2,4-5,7-9H2,(H2,14,15). The molecule has 0 amide bonds. The molecule has 2 aliphatic rings. The van der Waals surface area contributed by atoms with Crippen LogP contribution in [0.4, 0.5) is 5.82 Å². The highest BCUT2D eigenvalue weighted by Gasteiger charge is 2.35. The minimum absolute atomic E-state index is 0.449. The second-order valence-corrected chi connectivity index (χ2v) is 4.93. The Morgan fingerprint density at radius 2 is 2.35 bits per heavy atom. The van der Waals surface area contributed by atoms with Crippen molar-refractivity contribution in [1.82, 2.24) is 9.88 Å². The van der Waals surface area contributed by atoms with E-state index >= 15 is 0 Å². The number of ether oxygens (including phenoxy) is 1. The van der Waals surface area contributed by atoms with E-state index in [1.54, 1.807) is 0 Å². The van der Waals surface area contributed by atoms with Gasteiger partial charge in [0, 0.05) is 19.1 Å². The van der Waals surface area contributed by atoms with Gasteiger partial charge in [0.2, 0.25) is 0 Å². The fourth-order valence-electron chi connectivity index (χ4n) is 3.00. The Hall–Kier alpha value is -1.13. The first kappa shape index (κ1) is 11.0. The average molecular weight is 233 g/mol. The third-order valence-corrected chi connectivity index (χ3v) is 3.79. The molecule has 1 aliphatic heterocycles. The number of rotatable bonds is 2. The van der Waals surface area contributed by atoms with Crippen molar-refractivity contribution in [1.29, 1.82) is 0 Å². The van der Waals surface area contributed by atoms with Crippen LogP contribution in [0.3, 0.4) is 0 Å². The van der Waals surface area contributed by atoms with E-state index in [0.29, 0.717) is 18.0 Å². The minimum Gasteiger partial charge on any atom is -0.384 e. The molecule has 2 atom stereocenters. The van der Waals surface area contributed by atoms with Gasteiger partial charge in [-0.25, -0.2) is 4.98 Å². The Morgan fingerprint density at radius 3 is 3.24 bits per heavy atom. The maximum atomic E-state index is 5.81. The number of hydrogen-bond acceptors (Lipinski definition) is 4. The van der Waals surface area contributed by atoms with Gasteiger partial charge in [-0.1, -0.05) is 6.07 Å². The van der Waals surface area contributed by atoms with Crippen LogP contribution in [0.15, 0.2) is 18.2 Å². The Bertz CT molecular complexity index is 396. The fourth-order valence-corrected chi connectivity index (χ4v) is 3.00. The van der Waals surface area contributed by atoms with Gasteiger partial charge in [-0.15, -0.1) is 0 Å².